The number of nitrogen functional groups attached to an aromatic ring is 1. The fraction of sp³-hybridized carbons (Fsp3) is 0.462. The number of sulfonamides is 1. The zero-order chi connectivity index (χ0) is 17.8. The van der Waals surface area contributed by atoms with Gasteiger partial charge in [-0.15, -0.1) is 0 Å². The van der Waals surface area contributed by atoms with Crippen LogP contribution in [0.4, 0.5) is 10.5 Å². The molecule has 0 aliphatic carbocycles. The van der Waals surface area contributed by atoms with Gasteiger partial charge in [0.05, 0.1) is 15.7 Å². The third kappa shape index (κ3) is 6.06. The second kappa shape index (κ2) is 7.57. The molecule has 4 N–H and O–H groups in total. The van der Waals surface area contributed by atoms with E-state index in [2.05, 4.69) is 10.0 Å². The molecule has 0 saturated heterocycles. The molecule has 0 atom stereocenters. The van der Waals surface area contributed by atoms with Gasteiger partial charge in [0.15, 0.2) is 0 Å². The number of amides is 1. The Hall–Kier alpha value is -1.22. The molecule has 1 aromatic rings. The lowest BCUT2D eigenvalue weighted by Crippen LogP contribution is -2.37. The maximum Gasteiger partial charge on any atom is 0.407 e. The third-order valence-electron chi connectivity index (χ3n) is 2.47. The van der Waals surface area contributed by atoms with Crippen LogP contribution in [0.25, 0.3) is 0 Å². The summed E-state index contributed by atoms with van der Waals surface area (Å²) < 4.78 is 31.6. The zero-order valence-corrected chi connectivity index (χ0v) is 15.3. The highest BCUT2D eigenvalue weighted by Gasteiger charge is 2.21. The maximum atomic E-state index is 12.2. The second-order valence-electron chi connectivity index (χ2n) is 5.60. The fourth-order valence-electron chi connectivity index (χ4n) is 1.50. The van der Waals surface area contributed by atoms with Crippen molar-refractivity contribution in [2.24, 2.45) is 0 Å². The Morgan fingerprint density at radius 3 is 2.43 bits per heavy atom. The van der Waals surface area contributed by atoms with E-state index in [0.29, 0.717) is 0 Å². The van der Waals surface area contributed by atoms with E-state index < -0.39 is 21.7 Å². The summed E-state index contributed by atoms with van der Waals surface area (Å²) in [5.41, 5.74) is 4.96. The van der Waals surface area contributed by atoms with Crippen LogP contribution in [0.1, 0.15) is 20.8 Å². The van der Waals surface area contributed by atoms with Crippen LogP contribution in [0.15, 0.2) is 17.0 Å². The number of benzene rings is 1. The number of anilines is 1. The first-order valence-electron chi connectivity index (χ1n) is 6.64. The second-order valence-corrected chi connectivity index (χ2v) is 8.12. The van der Waals surface area contributed by atoms with Crippen molar-refractivity contribution in [1.82, 2.24) is 10.0 Å². The molecule has 130 valence electrons. The zero-order valence-electron chi connectivity index (χ0n) is 12.9. The number of alkyl carbamates (subject to hydrolysis) is 1. The number of hydrogen-bond donors (Lipinski definition) is 3. The van der Waals surface area contributed by atoms with Crippen molar-refractivity contribution in [2.75, 3.05) is 18.8 Å². The first-order chi connectivity index (χ1) is 10.4. The monoisotopic (exact) mass is 383 g/mol. The molecule has 1 rings (SSSR count). The van der Waals surface area contributed by atoms with Crippen LogP contribution in [-0.4, -0.2) is 33.2 Å². The predicted molar refractivity (Wildman–Crippen MR) is 90.3 cm³/mol. The van der Waals surface area contributed by atoms with Crippen molar-refractivity contribution in [1.29, 1.82) is 0 Å². The molecule has 0 aliphatic heterocycles. The number of rotatable bonds is 5. The molecule has 0 aliphatic rings. The molecule has 0 spiro atoms. The van der Waals surface area contributed by atoms with Crippen LogP contribution in [0.3, 0.4) is 0 Å². The van der Waals surface area contributed by atoms with E-state index >= 15 is 0 Å². The van der Waals surface area contributed by atoms with Crippen LogP contribution in [0.5, 0.6) is 0 Å². The molecule has 1 aromatic carbocycles. The fourth-order valence-corrected chi connectivity index (χ4v) is 3.29. The number of halogens is 2. The summed E-state index contributed by atoms with van der Waals surface area (Å²) in [6.45, 7) is 5.18. The summed E-state index contributed by atoms with van der Waals surface area (Å²) in [5.74, 6) is 0. The van der Waals surface area contributed by atoms with Crippen molar-refractivity contribution in [3.8, 4) is 0 Å². The van der Waals surface area contributed by atoms with Gasteiger partial charge < -0.3 is 15.8 Å². The first-order valence-corrected chi connectivity index (χ1v) is 8.88. The summed E-state index contributed by atoms with van der Waals surface area (Å²) in [6.07, 6.45) is -0.634. The topological polar surface area (TPSA) is 111 Å². The minimum absolute atomic E-state index is 0.0110. The summed E-state index contributed by atoms with van der Waals surface area (Å²) in [7, 11) is -3.88. The standard InChI is InChI=1S/C13H19Cl2N3O4S/c1-13(2,3)22-12(19)17-6-7-18-23(20,21)9-5-4-8(14)11(16)10(9)15/h4-5,18H,6-7,16H2,1-3H3,(H,17,19). The Labute approximate surface area is 145 Å². The van der Waals surface area contributed by atoms with Crippen LogP contribution < -0.4 is 15.8 Å². The van der Waals surface area contributed by atoms with Crippen molar-refractivity contribution in [3.63, 3.8) is 0 Å². The minimum Gasteiger partial charge on any atom is -0.444 e. The van der Waals surface area contributed by atoms with E-state index in [4.69, 9.17) is 33.7 Å². The van der Waals surface area contributed by atoms with Gasteiger partial charge in [-0.25, -0.2) is 17.9 Å². The Balaban J connectivity index is 2.61. The molecular weight excluding hydrogens is 365 g/mol. The predicted octanol–water partition coefficient (Wildman–Crippen LogP) is 2.38. The van der Waals surface area contributed by atoms with Gasteiger partial charge in [-0.1, -0.05) is 23.2 Å². The van der Waals surface area contributed by atoms with E-state index in [0.717, 1.165) is 0 Å². The number of ether oxygens (including phenoxy) is 1. The normalized spacial score (nSPS) is 12.0. The Morgan fingerprint density at radius 1 is 1.26 bits per heavy atom. The van der Waals surface area contributed by atoms with Crippen molar-refractivity contribution < 1.29 is 17.9 Å². The number of hydrogen-bond acceptors (Lipinski definition) is 5. The molecular formula is C13H19Cl2N3O4S. The van der Waals surface area contributed by atoms with E-state index in [-0.39, 0.29) is 33.7 Å². The SMILES string of the molecule is CC(C)(C)OC(=O)NCCNS(=O)(=O)c1ccc(Cl)c(N)c1Cl. The van der Waals surface area contributed by atoms with E-state index in [9.17, 15) is 13.2 Å². The molecule has 10 heteroatoms. The van der Waals surface area contributed by atoms with Gasteiger partial charge in [0, 0.05) is 13.1 Å². The Kier molecular flexibility index (Phi) is 6.52. The van der Waals surface area contributed by atoms with E-state index in [1.54, 1.807) is 20.8 Å². The van der Waals surface area contributed by atoms with Gasteiger partial charge in [-0.2, -0.15) is 0 Å². The van der Waals surface area contributed by atoms with Crippen LogP contribution in [-0.2, 0) is 14.8 Å². The summed E-state index contributed by atoms with van der Waals surface area (Å²) in [5, 5.41) is 2.45. The molecule has 7 nitrogen and oxygen atoms in total. The molecule has 0 saturated carbocycles. The quantitative estimate of drug-likeness (QED) is 0.533. The van der Waals surface area contributed by atoms with Gasteiger partial charge >= 0.3 is 6.09 Å². The summed E-state index contributed by atoms with van der Waals surface area (Å²) >= 11 is 11.7. The molecule has 0 heterocycles. The largest absolute Gasteiger partial charge is 0.444 e. The van der Waals surface area contributed by atoms with Gasteiger partial charge in [0.1, 0.15) is 10.5 Å². The van der Waals surface area contributed by atoms with Gasteiger partial charge in [-0.05, 0) is 32.9 Å². The maximum absolute atomic E-state index is 12.2. The lowest BCUT2D eigenvalue weighted by molar-refractivity contribution is 0.0529. The van der Waals surface area contributed by atoms with Crippen LogP contribution >= 0.6 is 23.2 Å². The molecule has 0 fully saturated rings. The minimum atomic E-state index is -3.88. The van der Waals surface area contributed by atoms with Crippen molar-refractivity contribution >= 4 is 45.0 Å². The lowest BCUT2D eigenvalue weighted by atomic mass is 10.2. The Bertz CT molecular complexity index is 687. The van der Waals surface area contributed by atoms with Crippen molar-refractivity contribution in [2.45, 2.75) is 31.3 Å². The number of nitrogens with two attached hydrogens (primary N) is 1. The molecule has 1 amide bonds. The van der Waals surface area contributed by atoms with E-state index in [1.165, 1.54) is 12.1 Å². The first kappa shape index (κ1) is 19.8. The number of carbonyl (C=O) groups is 1. The third-order valence-corrected chi connectivity index (χ3v) is 4.82. The Morgan fingerprint density at radius 2 is 1.87 bits per heavy atom. The molecule has 0 radical (unpaired) electrons. The lowest BCUT2D eigenvalue weighted by Gasteiger charge is -2.19. The molecule has 0 aromatic heterocycles. The van der Waals surface area contributed by atoms with E-state index in [1.807, 2.05) is 0 Å². The van der Waals surface area contributed by atoms with Crippen LogP contribution in [0, 0.1) is 0 Å². The number of nitrogens with one attached hydrogen (secondary N) is 2. The van der Waals surface area contributed by atoms with Gasteiger partial charge in [-0.3, -0.25) is 0 Å². The molecule has 0 unspecified atom stereocenters. The van der Waals surface area contributed by atoms with Gasteiger partial charge in [0.25, 0.3) is 0 Å². The smallest absolute Gasteiger partial charge is 0.407 e. The highest BCUT2D eigenvalue weighted by atomic mass is 35.5. The molecule has 23 heavy (non-hydrogen) atoms. The van der Waals surface area contributed by atoms with Gasteiger partial charge in [0.2, 0.25) is 10.0 Å². The highest BCUT2D eigenvalue weighted by Crippen LogP contribution is 2.32. The average molecular weight is 384 g/mol. The molecule has 0 bridgehead atoms. The van der Waals surface area contributed by atoms with Crippen molar-refractivity contribution in [3.05, 3.63) is 22.2 Å². The number of carbonyl (C=O) groups excluding carboxylic acids is 1. The average Bonchev–Trinajstić information content (AvgIpc) is 2.39. The highest BCUT2D eigenvalue weighted by molar-refractivity contribution is 7.89. The summed E-state index contributed by atoms with van der Waals surface area (Å²) in [6, 6.07) is 2.60. The van der Waals surface area contributed by atoms with Crippen LogP contribution in [0.2, 0.25) is 10.0 Å². The summed E-state index contributed by atoms with van der Waals surface area (Å²) in [4.78, 5) is 11.2.